The minimum atomic E-state index is 1.11. The van der Waals surface area contributed by atoms with E-state index in [9.17, 15) is 0 Å². The summed E-state index contributed by atoms with van der Waals surface area (Å²) in [5, 5.41) is 0. The quantitative estimate of drug-likeness (QED) is 0.121. The second-order valence-corrected chi connectivity index (χ2v) is 20.8. The second kappa shape index (κ2) is 26.1. The molecule has 0 fully saturated rings. The molecule has 0 saturated carbocycles. The van der Waals surface area contributed by atoms with E-state index in [0.717, 1.165) is 39.8 Å². The molecular formula is C78H69N3. The van der Waals surface area contributed by atoms with E-state index >= 15 is 0 Å². The molecule has 3 heteroatoms. The maximum absolute atomic E-state index is 2.33. The van der Waals surface area contributed by atoms with E-state index in [1.165, 1.54) is 78.1 Å². The monoisotopic (exact) mass is 1050 g/mol. The average Bonchev–Trinajstić information content (AvgIpc) is 3.53. The lowest BCUT2D eigenvalue weighted by Crippen LogP contribution is -2.10. The third kappa shape index (κ3) is 14.0. The highest BCUT2D eigenvalue weighted by molar-refractivity contribution is 5.83. The molecule has 0 bridgehead atoms. The minimum absolute atomic E-state index is 1.11. The molecule has 0 aliphatic heterocycles. The van der Waals surface area contributed by atoms with Crippen molar-refractivity contribution in [3.8, 4) is 33.4 Å². The molecule has 0 radical (unpaired) electrons. The fraction of sp³-hybridized carbons (Fsp3) is 0.0769. The van der Waals surface area contributed by atoms with Crippen LogP contribution in [0.2, 0.25) is 0 Å². The van der Waals surface area contributed by atoms with Crippen molar-refractivity contribution >= 4 is 51.2 Å². The summed E-state index contributed by atoms with van der Waals surface area (Å²) in [7, 11) is 0. The molecule has 12 aromatic carbocycles. The van der Waals surface area contributed by atoms with Gasteiger partial charge in [-0.25, -0.2) is 0 Å². The molecule has 396 valence electrons. The molecule has 0 amide bonds. The van der Waals surface area contributed by atoms with E-state index in [1.54, 1.807) is 0 Å². The van der Waals surface area contributed by atoms with Crippen molar-refractivity contribution in [2.24, 2.45) is 0 Å². The first-order valence-electron chi connectivity index (χ1n) is 27.9. The van der Waals surface area contributed by atoms with Gasteiger partial charge in [0.05, 0.1) is 0 Å². The molecule has 0 aromatic heterocycles. The summed E-state index contributed by atoms with van der Waals surface area (Å²) in [5.41, 5.74) is 25.2. The Kier molecular flexibility index (Phi) is 17.5. The van der Waals surface area contributed by atoms with Crippen LogP contribution in [0.4, 0.5) is 51.2 Å². The molecule has 12 aromatic rings. The highest BCUT2D eigenvalue weighted by Crippen LogP contribution is 2.40. The van der Waals surface area contributed by atoms with Gasteiger partial charge in [0.1, 0.15) is 0 Å². The predicted molar refractivity (Wildman–Crippen MR) is 348 cm³/mol. The molecule has 3 nitrogen and oxygen atoms in total. The summed E-state index contributed by atoms with van der Waals surface area (Å²) in [6.07, 6.45) is 0. The largest absolute Gasteiger partial charge is 0.311 e. The lowest BCUT2D eigenvalue weighted by molar-refractivity contribution is 1.26. The zero-order valence-electron chi connectivity index (χ0n) is 47.3. The van der Waals surface area contributed by atoms with Gasteiger partial charge in [-0.2, -0.15) is 0 Å². The molecule has 0 unspecified atom stereocenters. The van der Waals surface area contributed by atoms with Crippen LogP contribution >= 0.6 is 0 Å². The van der Waals surface area contributed by atoms with Crippen molar-refractivity contribution < 1.29 is 0 Å². The van der Waals surface area contributed by atoms with Crippen LogP contribution in [0.15, 0.2) is 309 Å². The number of para-hydroxylation sites is 1. The van der Waals surface area contributed by atoms with Crippen molar-refractivity contribution in [3.63, 3.8) is 0 Å². The Morgan fingerprint density at radius 3 is 0.617 bits per heavy atom. The molecule has 0 aliphatic carbocycles. The molecule has 12 rings (SSSR count). The molecule has 0 spiro atoms. The zero-order chi connectivity index (χ0) is 55.9. The number of hydrogen-bond donors (Lipinski definition) is 0. The van der Waals surface area contributed by atoms with Crippen molar-refractivity contribution in [3.05, 3.63) is 343 Å². The maximum atomic E-state index is 2.33. The predicted octanol–water partition coefficient (Wildman–Crippen LogP) is 22.3. The number of nitrogens with zero attached hydrogens (tertiary/aromatic N) is 3. The van der Waals surface area contributed by atoms with Crippen LogP contribution in [0, 0.1) is 41.5 Å². The molecule has 0 aliphatic rings. The second-order valence-electron chi connectivity index (χ2n) is 20.8. The highest BCUT2D eigenvalue weighted by Gasteiger charge is 2.17. The van der Waals surface area contributed by atoms with Crippen molar-refractivity contribution in [2.45, 2.75) is 41.5 Å². The summed E-state index contributed by atoms with van der Waals surface area (Å²) < 4.78 is 0. The summed E-state index contributed by atoms with van der Waals surface area (Å²) in [4.78, 5) is 6.95. The van der Waals surface area contributed by atoms with Crippen LogP contribution in [0.5, 0.6) is 0 Å². The fourth-order valence-electron chi connectivity index (χ4n) is 10.1. The smallest absolute Gasteiger partial charge is 0.0464 e. The first-order chi connectivity index (χ1) is 39.6. The Labute approximate surface area is 481 Å². The van der Waals surface area contributed by atoms with Gasteiger partial charge in [0.2, 0.25) is 0 Å². The summed E-state index contributed by atoms with van der Waals surface area (Å²) in [6, 6.07) is 110. The topological polar surface area (TPSA) is 9.72 Å². The molecular weight excluding hydrogens is 979 g/mol. The zero-order valence-corrected chi connectivity index (χ0v) is 47.3. The van der Waals surface area contributed by atoms with Gasteiger partial charge < -0.3 is 14.7 Å². The first kappa shape index (κ1) is 54.4. The van der Waals surface area contributed by atoms with Crippen molar-refractivity contribution in [1.82, 2.24) is 0 Å². The van der Waals surface area contributed by atoms with Crippen LogP contribution in [0.3, 0.4) is 0 Å². The third-order valence-electron chi connectivity index (χ3n) is 14.3. The molecule has 0 N–H and O–H groups in total. The van der Waals surface area contributed by atoms with E-state index in [2.05, 4.69) is 347 Å². The van der Waals surface area contributed by atoms with E-state index < -0.39 is 0 Å². The normalized spacial score (nSPS) is 10.6. The Balaban J connectivity index is 0.000000177. The van der Waals surface area contributed by atoms with Gasteiger partial charge >= 0.3 is 0 Å². The average molecular weight is 1050 g/mol. The molecule has 81 heavy (non-hydrogen) atoms. The number of anilines is 9. The third-order valence-corrected chi connectivity index (χ3v) is 14.3. The van der Waals surface area contributed by atoms with Gasteiger partial charge in [0, 0.05) is 51.2 Å². The van der Waals surface area contributed by atoms with Crippen LogP contribution in [0.1, 0.15) is 33.4 Å². The highest BCUT2D eigenvalue weighted by atomic mass is 15.2. The van der Waals surface area contributed by atoms with Crippen LogP contribution in [-0.4, -0.2) is 0 Å². The molecule has 0 atom stereocenters. The Bertz CT molecular complexity index is 3800. The summed E-state index contributed by atoms with van der Waals surface area (Å²) in [6.45, 7) is 12.8. The van der Waals surface area contributed by atoms with Crippen molar-refractivity contribution in [2.75, 3.05) is 14.7 Å². The number of hydrogen-bond acceptors (Lipinski definition) is 3. The van der Waals surface area contributed by atoms with Gasteiger partial charge in [-0.05, 0) is 206 Å². The van der Waals surface area contributed by atoms with Crippen LogP contribution in [-0.2, 0) is 0 Å². The number of benzene rings is 12. The van der Waals surface area contributed by atoms with E-state index in [-0.39, 0.29) is 0 Å². The van der Waals surface area contributed by atoms with Gasteiger partial charge in [-0.3, -0.25) is 0 Å². The lowest BCUT2D eigenvalue weighted by Gasteiger charge is -2.26. The molecule has 0 heterocycles. The van der Waals surface area contributed by atoms with E-state index in [4.69, 9.17) is 0 Å². The molecule has 0 saturated heterocycles. The Morgan fingerprint density at radius 2 is 0.346 bits per heavy atom. The number of rotatable bonds is 12. The first-order valence-corrected chi connectivity index (χ1v) is 27.9. The standard InChI is InChI=1S/C44H36N2.C27H25N.C7H8/c1-33-11-9-17-43(31-33)46(44-18-10-12-34(2)32-44)42-29-23-38(24-30-42)37-21-27-41(28-22-37)45(39-15-7-4-8-16-39)40-25-19-36(20-26-40)35-13-5-3-6-14-35;1-20-10-12-23(13-11-20)24-14-16-25(17-15-24)28(26-8-4-6-21(2)18-26)27-9-5-7-22(3)19-27;1-7-5-3-2-4-6-7/h3-32H,1-2H3;4-19H,1-3H3;2-6H,1H3. The Hall–Kier alpha value is -9.96. The van der Waals surface area contributed by atoms with Gasteiger partial charge in [0.15, 0.2) is 0 Å². The summed E-state index contributed by atoms with van der Waals surface area (Å²) in [5.74, 6) is 0. The van der Waals surface area contributed by atoms with Crippen LogP contribution in [0.25, 0.3) is 33.4 Å². The van der Waals surface area contributed by atoms with Gasteiger partial charge in [-0.15, -0.1) is 0 Å². The Morgan fingerprint density at radius 1 is 0.148 bits per heavy atom. The number of aryl methyl sites for hydroxylation is 6. The van der Waals surface area contributed by atoms with Crippen molar-refractivity contribution in [1.29, 1.82) is 0 Å². The van der Waals surface area contributed by atoms with Gasteiger partial charge in [0.25, 0.3) is 0 Å². The lowest BCUT2D eigenvalue weighted by atomic mass is 10.0. The minimum Gasteiger partial charge on any atom is -0.311 e. The van der Waals surface area contributed by atoms with E-state index in [1.807, 2.05) is 18.2 Å². The SMILES string of the molecule is Cc1ccc(-c2ccc(N(c3cccc(C)c3)c3cccc(C)c3)cc2)cc1.Cc1cccc(N(c2ccc(-c3ccc(N(c4ccccc4)c4ccc(-c5ccccc5)cc4)cc3)cc2)c2cccc(C)c2)c1.Cc1ccccc1. The summed E-state index contributed by atoms with van der Waals surface area (Å²) >= 11 is 0. The fourth-order valence-corrected chi connectivity index (χ4v) is 10.1. The van der Waals surface area contributed by atoms with Gasteiger partial charge in [-0.1, -0.05) is 211 Å². The maximum Gasteiger partial charge on any atom is 0.0464 e. The van der Waals surface area contributed by atoms with E-state index in [0.29, 0.717) is 0 Å². The van der Waals surface area contributed by atoms with Crippen LogP contribution < -0.4 is 14.7 Å².